The van der Waals surface area contributed by atoms with Crippen molar-refractivity contribution in [1.29, 1.82) is 0 Å². The molecule has 1 aromatic heterocycles. The number of halogens is 2. The monoisotopic (exact) mass is 432 g/mol. The number of rotatable bonds is 3. The molecule has 1 saturated heterocycles. The van der Waals surface area contributed by atoms with E-state index in [1.807, 2.05) is 6.92 Å². The van der Waals surface area contributed by atoms with E-state index in [2.05, 4.69) is 31.9 Å². The number of benzene rings is 1. The Hall–Kier alpha value is -0.890. The molecule has 0 saturated carbocycles. The van der Waals surface area contributed by atoms with Crippen molar-refractivity contribution >= 4 is 42.8 Å². The molecule has 1 aliphatic rings. The first kappa shape index (κ1) is 16.0. The molecule has 22 heavy (non-hydrogen) atoms. The van der Waals surface area contributed by atoms with Gasteiger partial charge in [-0.2, -0.15) is 0 Å². The van der Waals surface area contributed by atoms with Crippen LogP contribution in [0.2, 0.25) is 0 Å². The van der Waals surface area contributed by atoms with Gasteiger partial charge >= 0.3 is 5.63 Å². The highest BCUT2D eigenvalue weighted by molar-refractivity contribution is 9.11. The van der Waals surface area contributed by atoms with Gasteiger partial charge in [-0.25, -0.2) is 4.79 Å². The van der Waals surface area contributed by atoms with Crippen molar-refractivity contribution < 1.29 is 19.0 Å². The van der Waals surface area contributed by atoms with Gasteiger partial charge in [0.2, 0.25) is 0 Å². The van der Waals surface area contributed by atoms with Crippen LogP contribution in [-0.2, 0) is 9.47 Å². The lowest BCUT2D eigenvalue weighted by atomic mass is 9.96. The van der Waals surface area contributed by atoms with Crippen molar-refractivity contribution in [3.63, 3.8) is 0 Å². The summed E-state index contributed by atoms with van der Waals surface area (Å²) in [6.45, 7) is 2.81. The first-order valence-electron chi connectivity index (χ1n) is 6.90. The van der Waals surface area contributed by atoms with E-state index in [-0.39, 0.29) is 17.2 Å². The molecule has 3 rings (SSSR count). The largest absolute Gasteiger partial charge is 0.507 e. The van der Waals surface area contributed by atoms with E-state index < -0.39 is 11.9 Å². The topological polar surface area (TPSA) is 68.9 Å². The van der Waals surface area contributed by atoms with Crippen LogP contribution in [0.1, 0.15) is 24.8 Å². The Kier molecular flexibility index (Phi) is 4.59. The van der Waals surface area contributed by atoms with E-state index >= 15 is 0 Å². The van der Waals surface area contributed by atoms with Crippen LogP contribution in [0, 0.1) is 0 Å². The Bertz CT molecular complexity index is 771. The van der Waals surface area contributed by atoms with E-state index in [1.54, 1.807) is 12.1 Å². The van der Waals surface area contributed by atoms with Gasteiger partial charge in [0.15, 0.2) is 11.9 Å². The summed E-state index contributed by atoms with van der Waals surface area (Å²) in [6, 6.07) is 3.47. The highest BCUT2D eigenvalue weighted by Gasteiger charge is 2.35. The second-order valence-corrected chi connectivity index (χ2v) is 6.78. The van der Waals surface area contributed by atoms with Crippen molar-refractivity contribution in [2.24, 2.45) is 0 Å². The maximum atomic E-state index is 12.4. The molecule has 0 bridgehead atoms. The maximum Gasteiger partial charge on any atom is 0.343 e. The minimum Gasteiger partial charge on any atom is -0.507 e. The number of fused-ring (bicyclic) bond motifs is 1. The lowest BCUT2D eigenvalue weighted by molar-refractivity contribution is -0.115. The van der Waals surface area contributed by atoms with Crippen LogP contribution in [-0.4, -0.2) is 24.6 Å². The Morgan fingerprint density at radius 2 is 2.18 bits per heavy atom. The Morgan fingerprint density at radius 1 is 1.41 bits per heavy atom. The van der Waals surface area contributed by atoms with E-state index in [4.69, 9.17) is 13.9 Å². The summed E-state index contributed by atoms with van der Waals surface area (Å²) in [6.07, 6.45) is 0.0655. The van der Waals surface area contributed by atoms with Gasteiger partial charge in [-0.3, -0.25) is 0 Å². The average Bonchev–Trinajstić information content (AvgIpc) is 2.89. The fourth-order valence-corrected chi connectivity index (χ4v) is 4.03. The highest BCUT2D eigenvalue weighted by atomic mass is 79.9. The third-order valence-corrected chi connectivity index (χ3v) is 4.72. The fourth-order valence-electron chi connectivity index (χ4n) is 2.73. The Labute approximate surface area is 143 Å². The zero-order chi connectivity index (χ0) is 15.9. The third-order valence-electron chi connectivity index (χ3n) is 3.67. The molecule has 0 aliphatic carbocycles. The molecule has 1 aromatic carbocycles. The molecule has 2 unspecified atom stereocenters. The SMILES string of the molecule is CCOC1OCCC1c1c(O)c2cc(Br)cc(Br)c2oc1=O. The minimum absolute atomic E-state index is 0.0755. The first-order chi connectivity index (χ1) is 10.5. The van der Waals surface area contributed by atoms with Crippen LogP contribution in [0.3, 0.4) is 0 Å². The van der Waals surface area contributed by atoms with Crippen molar-refractivity contribution in [3.05, 3.63) is 37.1 Å². The van der Waals surface area contributed by atoms with Crippen LogP contribution >= 0.6 is 31.9 Å². The standard InChI is InChI=1S/C15H14Br2O5/c1-2-20-15-8(3-4-21-15)11-12(18)9-5-7(16)6-10(17)13(9)22-14(11)19/h5-6,8,15,18H,2-4H2,1H3. The molecule has 1 N–H and O–H groups in total. The smallest absolute Gasteiger partial charge is 0.343 e. The first-order valence-corrected chi connectivity index (χ1v) is 8.49. The second-order valence-electron chi connectivity index (χ2n) is 5.01. The van der Waals surface area contributed by atoms with Gasteiger partial charge in [0.05, 0.1) is 22.0 Å². The molecule has 7 heteroatoms. The molecule has 2 aromatic rings. The van der Waals surface area contributed by atoms with Crippen LogP contribution in [0.25, 0.3) is 11.0 Å². The van der Waals surface area contributed by atoms with Gasteiger partial charge in [-0.1, -0.05) is 15.9 Å². The second kappa shape index (κ2) is 6.31. The average molecular weight is 434 g/mol. The molecule has 2 heterocycles. The van der Waals surface area contributed by atoms with Crippen LogP contribution in [0.4, 0.5) is 0 Å². The summed E-state index contributed by atoms with van der Waals surface area (Å²) in [5.74, 6) is -0.410. The molecule has 5 nitrogen and oxygen atoms in total. The van der Waals surface area contributed by atoms with Crippen molar-refractivity contribution in [2.75, 3.05) is 13.2 Å². The summed E-state index contributed by atoms with van der Waals surface area (Å²) in [5.41, 5.74) is -0.0250. The van der Waals surface area contributed by atoms with E-state index in [0.29, 0.717) is 35.1 Å². The summed E-state index contributed by atoms with van der Waals surface area (Å²) in [5, 5.41) is 11.1. The van der Waals surface area contributed by atoms with Crippen molar-refractivity contribution in [3.8, 4) is 5.75 Å². The van der Waals surface area contributed by atoms with Gasteiger partial charge < -0.3 is 19.0 Å². The molecule has 0 amide bonds. The molecule has 1 aliphatic heterocycles. The van der Waals surface area contributed by atoms with Gasteiger partial charge in [0, 0.05) is 17.0 Å². The third kappa shape index (κ3) is 2.71. The molecular weight excluding hydrogens is 420 g/mol. The van der Waals surface area contributed by atoms with Crippen LogP contribution in [0.5, 0.6) is 5.75 Å². The number of hydrogen-bond donors (Lipinski definition) is 1. The predicted molar refractivity (Wildman–Crippen MR) is 88.3 cm³/mol. The minimum atomic E-state index is -0.562. The Balaban J connectivity index is 2.20. The molecule has 118 valence electrons. The van der Waals surface area contributed by atoms with Crippen molar-refractivity contribution in [2.45, 2.75) is 25.6 Å². The summed E-state index contributed by atoms with van der Waals surface area (Å²) in [4.78, 5) is 12.4. The summed E-state index contributed by atoms with van der Waals surface area (Å²) >= 11 is 6.71. The molecule has 0 radical (unpaired) electrons. The molecular formula is C15H14Br2O5. The molecule has 2 atom stereocenters. The van der Waals surface area contributed by atoms with E-state index in [1.165, 1.54) is 0 Å². The fraction of sp³-hybridized carbons (Fsp3) is 0.400. The lowest BCUT2D eigenvalue weighted by Crippen LogP contribution is -2.23. The predicted octanol–water partition coefficient (Wildman–Crippen LogP) is 3.89. The van der Waals surface area contributed by atoms with Crippen LogP contribution in [0.15, 0.2) is 30.3 Å². The molecule has 0 spiro atoms. The van der Waals surface area contributed by atoms with Gasteiger partial charge in [-0.15, -0.1) is 0 Å². The zero-order valence-electron chi connectivity index (χ0n) is 11.8. The number of ether oxygens (including phenoxy) is 2. The maximum absolute atomic E-state index is 12.4. The highest BCUT2D eigenvalue weighted by Crippen LogP contribution is 2.40. The van der Waals surface area contributed by atoms with Crippen molar-refractivity contribution in [1.82, 2.24) is 0 Å². The normalized spacial score (nSPS) is 21.6. The number of hydrogen-bond acceptors (Lipinski definition) is 5. The summed E-state index contributed by atoms with van der Waals surface area (Å²) in [7, 11) is 0. The lowest BCUT2D eigenvalue weighted by Gasteiger charge is -2.19. The number of aromatic hydroxyl groups is 1. The quantitative estimate of drug-likeness (QED) is 0.743. The zero-order valence-corrected chi connectivity index (χ0v) is 14.9. The van der Waals surface area contributed by atoms with Gasteiger partial charge in [0.25, 0.3) is 0 Å². The van der Waals surface area contributed by atoms with Gasteiger partial charge in [0.1, 0.15) is 5.75 Å². The summed E-state index contributed by atoms with van der Waals surface area (Å²) < 4.78 is 17.8. The van der Waals surface area contributed by atoms with Gasteiger partial charge in [-0.05, 0) is 41.4 Å². The molecule has 1 fully saturated rings. The van der Waals surface area contributed by atoms with E-state index in [9.17, 15) is 9.90 Å². The Morgan fingerprint density at radius 3 is 2.91 bits per heavy atom. The van der Waals surface area contributed by atoms with Crippen LogP contribution < -0.4 is 5.63 Å². The van der Waals surface area contributed by atoms with E-state index in [0.717, 1.165) is 4.47 Å².